The normalized spacial score (nSPS) is 11.7. The summed E-state index contributed by atoms with van der Waals surface area (Å²) in [5.74, 6) is 0. The highest BCUT2D eigenvalue weighted by molar-refractivity contribution is 6.19. The Morgan fingerprint density at radius 3 is 2.43 bits per heavy atom. The summed E-state index contributed by atoms with van der Waals surface area (Å²) in [5, 5.41) is 2.45. The molecule has 0 fully saturated rings. The average Bonchev–Trinajstić information content (AvgIpc) is 2.88. The minimum Gasteiger partial charge on any atom is -0.354 e. The Morgan fingerprint density at radius 2 is 1.62 bits per heavy atom. The molecule has 0 saturated carbocycles. The van der Waals surface area contributed by atoms with E-state index in [1.54, 1.807) is 7.05 Å². The number of para-hydroxylation sites is 1. The number of rotatable bonds is 0. The number of H-pyrrole nitrogens is 1. The molecule has 0 unspecified atom stereocenters. The maximum atomic E-state index is 12.6. The fourth-order valence-corrected chi connectivity index (χ4v) is 3.01. The van der Waals surface area contributed by atoms with Crippen molar-refractivity contribution in [2.75, 3.05) is 0 Å². The zero-order valence-electron chi connectivity index (χ0n) is 11.7. The zero-order chi connectivity index (χ0) is 14.7. The predicted molar refractivity (Wildman–Crippen MR) is 83.8 cm³/mol. The smallest absolute Gasteiger partial charge is 0.330 e. The van der Waals surface area contributed by atoms with E-state index in [2.05, 4.69) is 4.98 Å². The summed E-state index contributed by atoms with van der Waals surface area (Å²) < 4.78 is 2.67. The number of aromatic amines is 1. The van der Waals surface area contributed by atoms with Gasteiger partial charge in [0.05, 0.1) is 10.9 Å². The number of hydrogen-bond donors (Lipinski definition) is 1. The van der Waals surface area contributed by atoms with Crippen LogP contribution in [0.3, 0.4) is 0 Å². The van der Waals surface area contributed by atoms with E-state index in [0.717, 1.165) is 26.4 Å². The molecule has 2 aromatic carbocycles. The highest BCUT2D eigenvalue weighted by atomic mass is 16.2. The van der Waals surface area contributed by atoms with Crippen LogP contribution in [0, 0.1) is 0 Å². The van der Waals surface area contributed by atoms with Crippen LogP contribution < -0.4 is 11.2 Å². The molecule has 5 heteroatoms. The molecule has 0 atom stereocenters. The Morgan fingerprint density at radius 1 is 0.857 bits per heavy atom. The number of fused-ring (bicyclic) bond motifs is 5. The Labute approximate surface area is 119 Å². The van der Waals surface area contributed by atoms with Gasteiger partial charge in [0.25, 0.3) is 5.56 Å². The van der Waals surface area contributed by atoms with Crippen LogP contribution in [-0.4, -0.2) is 14.1 Å². The third-order valence-electron chi connectivity index (χ3n) is 4.10. The van der Waals surface area contributed by atoms with Crippen molar-refractivity contribution in [3.8, 4) is 0 Å². The monoisotopic (exact) mass is 279 g/mol. The number of nitrogens with zero attached hydrogens (tertiary/aromatic N) is 2. The Balaban J connectivity index is 2.46. The third-order valence-corrected chi connectivity index (χ3v) is 4.10. The molecule has 4 rings (SSSR count). The van der Waals surface area contributed by atoms with Gasteiger partial charge in [0, 0.05) is 35.9 Å². The van der Waals surface area contributed by atoms with Crippen LogP contribution in [0.4, 0.5) is 0 Å². The largest absolute Gasteiger partial charge is 0.354 e. The van der Waals surface area contributed by atoms with Gasteiger partial charge < -0.3 is 4.98 Å². The van der Waals surface area contributed by atoms with Gasteiger partial charge in [-0.3, -0.25) is 13.9 Å². The first-order valence-corrected chi connectivity index (χ1v) is 6.69. The van der Waals surface area contributed by atoms with Gasteiger partial charge in [0.1, 0.15) is 0 Å². The summed E-state index contributed by atoms with van der Waals surface area (Å²) in [4.78, 5) is 28.0. The highest BCUT2D eigenvalue weighted by Crippen LogP contribution is 2.29. The molecule has 0 spiro atoms. The van der Waals surface area contributed by atoms with Gasteiger partial charge in [0.2, 0.25) is 0 Å². The van der Waals surface area contributed by atoms with Crippen molar-refractivity contribution in [1.82, 2.24) is 14.1 Å². The minimum atomic E-state index is -0.313. The third kappa shape index (κ3) is 1.40. The van der Waals surface area contributed by atoms with Crippen molar-refractivity contribution >= 4 is 32.7 Å². The fraction of sp³-hybridized carbons (Fsp3) is 0.125. The van der Waals surface area contributed by atoms with Crippen molar-refractivity contribution in [3.63, 3.8) is 0 Å². The number of aromatic nitrogens is 3. The lowest BCUT2D eigenvalue weighted by Gasteiger charge is -2.08. The van der Waals surface area contributed by atoms with Crippen LogP contribution in [0.15, 0.2) is 46.0 Å². The zero-order valence-corrected chi connectivity index (χ0v) is 11.7. The van der Waals surface area contributed by atoms with E-state index in [9.17, 15) is 9.59 Å². The standard InChI is InChI=1S/C16H13N3O2/c1-18-12-8-7-11-13(9-5-3-4-6-10(9)17-11)14(12)15(20)19(2)16(18)21/h3-8,17H,1-2H3. The summed E-state index contributed by atoms with van der Waals surface area (Å²) in [5.41, 5.74) is 1.96. The lowest BCUT2D eigenvalue weighted by atomic mass is 10.1. The molecular weight excluding hydrogens is 266 g/mol. The van der Waals surface area contributed by atoms with Gasteiger partial charge >= 0.3 is 5.69 Å². The van der Waals surface area contributed by atoms with Crippen molar-refractivity contribution in [1.29, 1.82) is 0 Å². The summed E-state index contributed by atoms with van der Waals surface area (Å²) in [7, 11) is 3.20. The van der Waals surface area contributed by atoms with E-state index in [1.165, 1.54) is 11.6 Å². The average molecular weight is 279 g/mol. The molecule has 104 valence electrons. The molecule has 21 heavy (non-hydrogen) atoms. The molecule has 0 saturated heterocycles. The van der Waals surface area contributed by atoms with E-state index in [1.807, 2.05) is 36.4 Å². The van der Waals surface area contributed by atoms with Gasteiger partial charge in [-0.1, -0.05) is 18.2 Å². The van der Waals surface area contributed by atoms with Crippen LogP contribution in [0.2, 0.25) is 0 Å². The highest BCUT2D eigenvalue weighted by Gasteiger charge is 2.14. The summed E-state index contributed by atoms with van der Waals surface area (Å²) >= 11 is 0. The Kier molecular flexibility index (Phi) is 2.19. The molecule has 0 bridgehead atoms. The second-order valence-corrected chi connectivity index (χ2v) is 5.26. The van der Waals surface area contributed by atoms with Gasteiger partial charge in [-0.05, 0) is 18.2 Å². The lowest BCUT2D eigenvalue weighted by Crippen LogP contribution is -2.36. The lowest BCUT2D eigenvalue weighted by molar-refractivity contribution is 0.714. The topological polar surface area (TPSA) is 59.8 Å². The van der Waals surface area contributed by atoms with Crippen molar-refractivity contribution in [2.45, 2.75) is 0 Å². The van der Waals surface area contributed by atoms with Gasteiger partial charge in [-0.2, -0.15) is 0 Å². The van der Waals surface area contributed by atoms with Gasteiger partial charge in [0.15, 0.2) is 0 Å². The van der Waals surface area contributed by atoms with E-state index in [-0.39, 0.29) is 11.2 Å². The molecule has 0 aliphatic rings. The van der Waals surface area contributed by atoms with E-state index < -0.39 is 0 Å². The van der Waals surface area contributed by atoms with Crippen LogP contribution in [0.1, 0.15) is 0 Å². The minimum absolute atomic E-state index is 0.261. The molecule has 0 aliphatic carbocycles. The second kappa shape index (κ2) is 3.85. The Bertz CT molecular complexity index is 1150. The molecule has 2 heterocycles. The van der Waals surface area contributed by atoms with Crippen LogP contribution >= 0.6 is 0 Å². The maximum absolute atomic E-state index is 12.6. The van der Waals surface area contributed by atoms with Crippen molar-refractivity contribution in [3.05, 3.63) is 57.2 Å². The number of hydrogen-bond acceptors (Lipinski definition) is 2. The van der Waals surface area contributed by atoms with Gasteiger partial charge in [-0.15, -0.1) is 0 Å². The van der Waals surface area contributed by atoms with Crippen LogP contribution in [0.25, 0.3) is 32.7 Å². The first-order chi connectivity index (χ1) is 10.1. The quantitative estimate of drug-likeness (QED) is 0.534. The fourth-order valence-electron chi connectivity index (χ4n) is 3.01. The van der Waals surface area contributed by atoms with E-state index in [4.69, 9.17) is 0 Å². The number of aryl methyl sites for hydroxylation is 1. The first kappa shape index (κ1) is 12.0. The molecule has 0 radical (unpaired) electrons. The first-order valence-electron chi connectivity index (χ1n) is 6.69. The van der Waals surface area contributed by atoms with E-state index in [0.29, 0.717) is 10.9 Å². The van der Waals surface area contributed by atoms with Crippen molar-refractivity contribution < 1.29 is 0 Å². The molecular formula is C16H13N3O2. The Hall–Kier alpha value is -2.82. The molecule has 0 amide bonds. The summed E-state index contributed by atoms with van der Waals surface area (Å²) in [6.45, 7) is 0. The molecule has 0 aliphatic heterocycles. The predicted octanol–water partition coefficient (Wildman–Crippen LogP) is 1.87. The van der Waals surface area contributed by atoms with Crippen molar-refractivity contribution in [2.24, 2.45) is 14.1 Å². The van der Waals surface area contributed by atoms with Crippen LogP contribution in [0.5, 0.6) is 0 Å². The number of nitrogens with one attached hydrogen (secondary N) is 1. The number of benzene rings is 2. The molecule has 2 aromatic heterocycles. The maximum Gasteiger partial charge on any atom is 0.330 e. The molecule has 5 nitrogen and oxygen atoms in total. The molecule has 1 N–H and O–H groups in total. The SMILES string of the molecule is Cn1c(=O)c2c3c(ccc2n(C)c1=O)[nH]c1ccccc13. The van der Waals surface area contributed by atoms with Gasteiger partial charge in [-0.25, -0.2) is 4.79 Å². The van der Waals surface area contributed by atoms with Crippen LogP contribution in [-0.2, 0) is 14.1 Å². The second-order valence-electron chi connectivity index (χ2n) is 5.26. The van der Waals surface area contributed by atoms with E-state index >= 15 is 0 Å². The summed E-state index contributed by atoms with van der Waals surface area (Å²) in [6.07, 6.45) is 0. The summed E-state index contributed by atoms with van der Waals surface area (Å²) in [6, 6.07) is 11.6. The molecule has 4 aromatic rings.